The summed E-state index contributed by atoms with van der Waals surface area (Å²) in [6.45, 7) is 5.27. The Morgan fingerprint density at radius 1 is 1.00 bits per heavy atom. The summed E-state index contributed by atoms with van der Waals surface area (Å²) in [5.74, 6) is -0.143. The average Bonchev–Trinajstić information content (AvgIpc) is 3.32. The summed E-state index contributed by atoms with van der Waals surface area (Å²) in [6, 6.07) is 15.4. The molecule has 0 bridgehead atoms. The Bertz CT molecular complexity index is 1180. The van der Waals surface area contributed by atoms with Crippen LogP contribution < -0.4 is 5.32 Å². The molecular formula is C27H30F3N5O. The molecule has 3 aromatic rings. The molecule has 0 saturated carbocycles. The number of fused-ring (bicyclic) bond motifs is 1. The lowest BCUT2D eigenvalue weighted by Gasteiger charge is -2.36. The zero-order valence-corrected chi connectivity index (χ0v) is 20.2. The molecule has 1 saturated heterocycles. The maximum Gasteiger partial charge on any atom is 0.410 e. The molecule has 1 amide bonds. The number of aryl methyl sites for hydroxylation is 1. The summed E-state index contributed by atoms with van der Waals surface area (Å²) in [4.78, 5) is 17.4. The van der Waals surface area contributed by atoms with Gasteiger partial charge in [0.15, 0.2) is 6.04 Å². The summed E-state index contributed by atoms with van der Waals surface area (Å²) >= 11 is 0. The van der Waals surface area contributed by atoms with E-state index in [9.17, 15) is 18.0 Å². The number of alkyl halides is 3. The molecule has 0 aliphatic carbocycles. The number of amides is 1. The second-order valence-electron chi connectivity index (χ2n) is 9.49. The van der Waals surface area contributed by atoms with Crippen LogP contribution in [0.4, 0.5) is 19.0 Å². The third kappa shape index (κ3) is 4.97. The Kier molecular flexibility index (Phi) is 6.75. The zero-order valence-electron chi connectivity index (χ0n) is 20.2. The van der Waals surface area contributed by atoms with Gasteiger partial charge in [0.25, 0.3) is 5.91 Å². The van der Waals surface area contributed by atoms with E-state index in [4.69, 9.17) is 0 Å². The lowest BCUT2D eigenvalue weighted by molar-refractivity contribution is -0.173. The number of rotatable bonds is 5. The number of nitrogens with one attached hydrogen (secondary N) is 1. The highest BCUT2D eigenvalue weighted by molar-refractivity contribution is 5.99. The fourth-order valence-electron chi connectivity index (χ4n) is 5.04. The highest BCUT2D eigenvalue weighted by Crippen LogP contribution is 2.44. The van der Waals surface area contributed by atoms with Gasteiger partial charge in [-0.1, -0.05) is 61.5 Å². The molecule has 0 radical (unpaired) electrons. The number of aromatic nitrogens is 2. The number of halogens is 3. The summed E-state index contributed by atoms with van der Waals surface area (Å²) in [6.07, 6.45) is -2.53. The first-order valence-electron chi connectivity index (χ1n) is 12.4. The van der Waals surface area contributed by atoms with Crippen molar-refractivity contribution in [2.24, 2.45) is 0 Å². The average molecular weight is 498 g/mol. The van der Waals surface area contributed by atoms with Crippen LogP contribution in [0.25, 0.3) is 0 Å². The molecule has 36 heavy (non-hydrogen) atoms. The van der Waals surface area contributed by atoms with Gasteiger partial charge < -0.3 is 10.2 Å². The molecule has 190 valence electrons. The molecule has 3 heterocycles. The predicted octanol–water partition coefficient (Wildman–Crippen LogP) is 5.06. The van der Waals surface area contributed by atoms with E-state index in [2.05, 4.69) is 27.4 Å². The van der Waals surface area contributed by atoms with Crippen LogP contribution in [-0.2, 0) is 13.0 Å². The van der Waals surface area contributed by atoms with E-state index < -0.39 is 18.3 Å². The van der Waals surface area contributed by atoms with Crippen molar-refractivity contribution in [3.05, 3.63) is 83.0 Å². The smallest absolute Gasteiger partial charge is 0.363 e. The van der Waals surface area contributed by atoms with E-state index in [1.54, 1.807) is 4.90 Å². The second kappa shape index (κ2) is 9.97. The molecule has 2 atom stereocenters. The number of piperazine rings is 1. The topological polar surface area (TPSA) is 53.4 Å². The predicted molar refractivity (Wildman–Crippen MR) is 132 cm³/mol. The van der Waals surface area contributed by atoms with Gasteiger partial charge in [0.2, 0.25) is 0 Å². The Morgan fingerprint density at radius 3 is 2.33 bits per heavy atom. The van der Waals surface area contributed by atoms with Crippen molar-refractivity contribution in [3.8, 4) is 0 Å². The minimum absolute atomic E-state index is 0.143. The van der Waals surface area contributed by atoms with Crippen molar-refractivity contribution in [2.45, 2.75) is 44.6 Å². The van der Waals surface area contributed by atoms with Gasteiger partial charge in [-0.25, -0.2) is 4.68 Å². The van der Waals surface area contributed by atoms with E-state index >= 15 is 0 Å². The van der Waals surface area contributed by atoms with Crippen LogP contribution in [0.2, 0.25) is 0 Å². The van der Waals surface area contributed by atoms with Crippen molar-refractivity contribution in [3.63, 3.8) is 0 Å². The number of hydrogen-bond donors (Lipinski definition) is 1. The second-order valence-corrected chi connectivity index (χ2v) is 9.49. The molecule has 0 spiro atoms. The van der Waals surface area contributed by atoms with Gasteiger partial charge in [-0.3, -0.25) is 9.69 Å². The quantitative estimate of drug-likeness (QED) is 0.535. The minimum atomic E-state index is -4.48. The van der Waals surface area contributed by atoms with Crippen LogP contribution in [0.5, 0.6) is 0 Å². The highest BCUT2D eigenvalue weighted by Gasteiger charge is 2.47. The van der Waals surface area contributed by atoms with Crippen LogP contribution in [0.1, 0.15) is 52.5 Å². The molecular weight excluding hydrogens is 467 g/mol. The maximum absolute atomic E-state index is 14.0. The molecule has 0 unspecified atom stereocenters. The number of benzene rings is 2. The van der Waals surface area contributed by atoms with Crippen molar-refractivity contribution < 1.29 is 18.0 Å². The Morgan fingerprint density at radius 2 is 1.69 bits per heavy atom. The third-order valence-electron chi connectivity index (χ3n) is 7.17. The summed E-state index contributed by atoms with van der Waals surface area (Å²) in [5.41, 5.74) is 3.29. The number of anilines is 1. The lowest BCUT2D eigenvalue weighted by Crippen LogP contribution is -2.48. The minimum Gasteiger partial charge on any atom is -0.363 e. The van der Waals surface area contributed by atoms with Crippen LogP contribution in [0, 0.1) is 0 Å². The Hall–Kier alpha value is -3.33. The molecule has 2 aliphatic rings. The number of nitrogens with zero attached hydrogens (tertiary/aromatic N) is 4. The molecule has 1 aromatic heterocycles. The fourth-order valence-corrected chi connectivity index (χ4v) is 5.04. The third-order valence-corrected chi connectivity index (χ3v) is 7.17. The van der Waals surface area contributed by atoms with Gasteiger partial charge in [-0.15, -0.1) is 0 Å². The summed E-state index contributed by atoms with van der Waals surface area (Å²) in [7, 11) is 0. The van der Waals surface area contributed by atoms with Crippen molar-refractivity contribution in [1.82, 2.24) is 19.6 Å². The zero-order chi connectivity index (χ0) is 25.3. The van der Waals surface area contributed by atoms with Gasteiger partial charge in [0, 0.05) is 39.1 Å². The highest BCUT2D eigenvalue weighted by atomic mass is 19.4. The molecule has 2 aliphatic heterocycles. The van der Waals surface area contributed by atoms with E-state index in [-0.39, 0.29) is 23.7 Å². The van der Waals surface area contributed by atoms with Crippen LogP contribution in [0.15, 0.2) is 60.8 Å². The fraction of sp³-hybridized carbons (Fsp3) is 0.407. The number of hydrogen-bond acceptors (Lipinski definition) is 4. The van der Waals surface area contributed by atoms with Crippen LogP contribution in [0.3, 0.4) is 0 Å². The standard InChI is InChI=1S/C27H30F3N5O/c1-2-19-8-10-21(11-9-19)23-16-24(27(28,29)30)35-25(32-23)22(17-31-35)26(36)34-14-12-33(13-15-34)18-20-6-4-3-5-7-20/h3-11,17,23-24,32H,2,12-16,18H2,1H3/t23-,24+/m1/s1. The normalized spacial score (nSPS) is 20.6. The maximum atomic E-state index is 14.0. The molecule has 2 aromatic carbocycles. The first-order chi connectivity index (χ1) is 17.3. The SMILES string of the molecule is CCc1ccc([C@H]2C[C@@H](C(F)(F)F)n3ncc(C(=O)N4CCN(Cc5ccccc5)CC4)c3N2)cc1. The van der Waals surface area contributed by atoms with Gasteiger partial charge >= 0.3 is 6.18 Å². The first-order valence-corrected chi connectivity index (χ1v) is 12.4. The van der Waals surface area contributed by atoms with Crippen LogP contribution in [-0.4, -0.2) is 57.8 Å². The van der Waals surface area contributed by atoms with E-state index in [0.717, 1.165) is 28.8 Å². The number of carbonyl (C=O) groups is 1. The first kappa shape index (κ1) is 24.4. The van der Waals surface area contributed by atoms with Gasteiger partial charge in [0.1, 0.15) is 11.4 Å². The summed E-state index contributed by atoms with van der Waals surface area (Å²) < 4.78 is 43.0. The summed E-state index contributed by atoms with van der Waals surface area (Å²) in [5, 5.41) is 7.23. The van der Waals surface area contributed by atoms with Gasteiger partial charge in [-0.05, 0) is 23.1 Å². The Balaban J connectivity index is 1.34. The van der Waals surface area contributed by atoms with Crippen molar-refractivity contribution in [2.75, 3.05) is 31.5 Å². The van der Waals surface area contributed by atoms with E-state index in [1.165, 1.54) is 11.8 Å². The molecule has 9 heteroatoms. The molecule has 5 rings (SSSR count). The van der Waals surface area contributed by atoms with Crippen molar-refractivity contribution >= 4 is 11.7 Å². The molecule has 1 N–H and O–H groups in total. The molecule has 6 nitrogen and oxygen atoms in total. The largest absolute Gasteiger partial charge is 0.410 e. The van der Waals surface area contributed by atoms with Crippen molar-refractivity contribution in [1.29, 1.82) is 0 Å². The van der Waals surface area contributed by atoms with E-state index in [1.807, 2.05) is 49.4 Å². The van der Waals surface area contributed by atoms with Gasteiger partial charge in [0.05, 0.1) is 12.2 Å². The van der Waals surface area contributed by atoms with E-state index in [0.29, 0.717) is 26.2 Å². The van der Waals surface area contributed by atoms with Crippen LogP contribution >= 0.6 is 0 Å². The molecule has 1 fully saturated rings. The lowest BCUT2D eigenvalue weighted by atomic mass is 9.95. The monoisotopic (exact) mass is 497 g/mol. The number of carbonyl (C=O) groups excluding carboxylic acids is 1. The van der Waals surface area contributed by atoms with Gasteiger partial charge in [-0.2, -0.15) is 18.3 Å². The Labute approximate surface area is 208 Å².